The van der Waals surface area contributed by atoms with Crippen molar-refractivity contribution in [2.75, 3.05) is 30.3 Å². The molecule has 0 aliphatic rings. The summed E-state index contributed by atoms with van der Waals surface area (Å²) < 4.78 is 42.0. The Bertz CT molecular complexity index is 1110. The van der Waals surface area contributed by atoms with Gasteiger partial charge in [-0.2, -0.15) is 23.3 Å². The smallest absolute Gasteiger partial charge is 0.421 e. The van der Waals surface area contributed by atoms with Crippen LogP contribution in [0.25, 0.3) is 10.9 Å². The van der Waals surface area contributed by atoms with E-state index in [-0.39, 0.29) is 30.8 Å². The minimum Gasteiger partial charge on any atom is -0.465 e. The van der Waals surface area contributed by atoms with E-state index in [9.17, 15) is 23.1 Å². The number of amides is 1. The van der Waals surface area contributed by atoms with Crippen molar-refractivity contribution in [3.05, 3.63) is 36.2 Å². The lowest BCUT2D eigenvalue weighted by Gasteiger charge is -2.21. The molecular formula is C21H26F3N7O2. The molecule has 3 aromatic rings. The average molecular weight is 465 g/mol. The van der Waals surface area contributed by atoms with Gasteiger partial charge in [-0.05, 0) is 30.5 Å². The molecular weight excluding hydrogens is 439 g/mol. The fourth-order valence-electron chi connectivity index (χ4n) is 3.32. The molecule has 178 valence electrons. The maximum atomic E-state index is 13.4. The van der Waals surface area contributed by atoms with Gasteiger partial charge in [0.2, 0.25) is 5.95 Å². The van der Waals surface area contributed by atoms with Gasteiger partial charge in [0, 0.05) is 44.0 Å². The summed E-state index contributed by atoms with van der Waals surface area (Å²) in [6.45, 7) is 4.45. The molecule has 9 nitrogen and oxygen atoms in total. The summed E-state index contributed by atoms with van der Waals surface area (Å²) in [5, 5.41) is 19.9. The fraction of sp³-hybridized carbons (Fsp3) is 0.429. The molecule has 1 amide bonds. The van der Waals surface area contributed by atoms with Crippen LogP contribution < -0.4 is 10.6 Å². The first kappa shape index (κ1) is 24.1. The van der Waals surface area contributed by atoms with Gasteiger partial charge in [0.05, 0.1) is 11.7 Å². The SMILES string of the molecule is CC(C)CN(CCCNc1nc(Nc2ccc3cnn(C)c3c2)ncc1C(F)(F)F)C(=O)O. The standard InChI is InChI=1S/C21H26F3N7O2/c1-13(2)12-31(20(32)33)8-4-7-25-18-16(21(22,23)24)11-26-19(29-18)28-15-6-5-14-10-27-30(3)17(14)9-15/h5-6,9-11,13H,4,7-8,12H2,1-3H3,(H,32,33)(H2,25,26,28,29). The number of fused-ring (bicyclic) bond motifs is 1. The molecule has 33 heavy (non-hydrogen) atoms. The van der Waals surface area contributed by atoms with Crippen molar-refractivity contribution in [2.45, 2.75) is 26.4 Å². The van der Waals surface area contributed by atoms with Crippen LogP contribution in [0, 0.1) is 5.92 Å². The van der Waals surface area contributed by atoms with Gasteiger partial charge in [0.15, 0.2) is 0 Å². The predicted octanol–water partition coefficient (Wildman–Crippen LogP) is 4.56. The number of aryl methyl sites for hydroxylation is 1. The van der Waals surface area contributed by atoms with Crippen molar-refractivity contribution in [1.29, 1.82) is 0 Å². The highest BCUT2D eigenvalue weighted by atomic mass is 19.4. The molecule has 3 N–H and O–H groups in total. The number of hydrogen-bond acceptors (Lipinski definition) is 6. The molecule has 0 saturated heterocycles. The summed E-state index contributed by atoms with van der Waals surface area (Å²) >= 11 is 0. The summed E-state index contributed by atoms with van der Waals surface area (Å²) in [7, 11) is 1.79. The summed E-state index contributed by atoms with van der Waals surface area (Å²) in [6, 6.07) is 5.39. The minimum atomic E-state index is -4.64. The van der Waals surface area contributed by atoms with E-state index in [1.807, 2.05) is 19.9 Å². The van der Waals surface area contributed by atoms with Gasteiger partial charge in [-0.1, -0.05) is 13.8 Å². The number of nitrogens with one attached hydrogen (secondary N) is 2. The zero-order chi connectivity index (χ0) is 24.2. The number of carboxylic acid groups (broad SMARTS) is 1. The van der Waals surface area contributed by atoms with E-state index in [2.05, 4.69) is 25.7 Å². The van der Waals surface area contributed by atoms with E-state index in [4.69, 9.17) is 0 Å². The normalized spacial score (nSPS) is 11.7. The molecule has 0 bridgehead atoms. The second-order valence-electron chi connectivity index (χ2n) is 8.02. The Morgan fingerprint density at radius 1 is 1.27 bits per heavy atom. The first-order valence-electron chi connectivity index (χ1n) is 10.4. The van der Waals surface area contributed by atoms with Crippen LogP contribution in [-0.4, -0.2) is 55.5 Å². The van der Waals surface area contributed by atoms with Crippen LogP contribution >= 0.6 is 0 Å². The molecule has 0 unspecified atom stereocenters. The lowest BCUT2D eigenvalue weighted by Crippen LogP contribution is -2.34. The van der Waals surface area contributed by atoms with Gasteiger partial charge < -0.3 is 20.6 Å². The maximum absolute atomic E-state index is 13.4. The molecule has 3 rings (SSSR count). The number of benzene rings is 1. The van der Waals surface area contributed by atoms with Crippen LogP contribution in [0.3, 0.4) is 0 Å². The van der Waals surface area contributed by atoms with Crippen molar-refractivity contribution in [3.8, 4) is 0 Å². The number of aromatic nitrogens is 4. The van der Waals surface area contributed by atoms with Crippen LogP contribution in [0.4, 0.5) is 35.4 Å². The summed E-state index contributed by atoms with van der Waals surface area (Å²) in [6.07, 6.45) is -2.94. The monoisotopic (exact) mass is 465 g/mol. The summed E-state index contributed by atoms with van der Waals surface area (Å²) in [5.41, 5.74) is 0.449. The lowest BCUT2D eigenvalue weighted by atomic mass is 10.2. The minimum absolute atomic E-state index is 0.000936. The molecule has 0 aliphatic heterocycles. The van der Waals surface area contributed by atoms with E-state index in [0.717, 1.165) is 17.1 Å². The van der Waals surface area contributed by atoms with E-state index in [1.165, 1.54) is 4.90 Å². The number of halogens is 3. The van der Waals surface area contributed by atoms with Crippen LogP contribution in [0.1, 0.15) is 25.8 Å². The number of hydrogen-bond donors (Lipinski definition) is 3. The Balaban J connectivity index is 1.73. The molecule has 1 aromatic carbocycles. The first-order valence-corrected chi connectivity index (χ1v) is 10.4. The Hall–Kier alpha value is -3.57. The first-order chi connectivity index (χ1) is 15.5. The largest absolute Gasteiger partial charge is 0.465 e. The second kappa shape index (κ2) is 9.92. The topological polar surface area (TPSA) is 108 Å². The van der Waals surface area contributed by atoms with Gasteiger partial charge in [0.1, 0.15) is 11.4 Å². The lowest BCUT2D eigenvalue weighted by molar-refractivity contribution is -0.137. The third kappa shape index (κ3) is 6.24. The third-order valence-corrected chi connectivity index (χ3v) is 4.85. The average Bonchev–Trinajstić information content (AvgIpc) is 3.09. The molecule has 0 atom stereocenters. The number of nitrogens with zero attached hydrogens (tertiary/aromatic N) is 5. The van der Waals surface area contributed by atoms with Gasteiger partial charge >= 0.3 is 12.3 Å². The van der Waals surface area contributed by atoms with Crippen molar-refractivity contribution >= 4 is 34.4 Å². The zero-order valence-corrected chi connectivity index (χ0v) is 18.5. The van der Waals surface area contributed by atoms with Crippen LogP contribution in [0.2, 0.25) is 0 Å². The van der Waals surface area contributed by atoms with Crippen LogP contribution in [0.15, 0.2) is 30.6 Å². The zero-order valence-electron chi connectivity index (χ0n) is 18.5. The highest BCUT2D eigenvalue weighted by Crippen LogP contribution is 2.34. The van der Waals surface area contributed by atoms with E-state index >= 15 is 0 Å². The van der Waals surface area contributed by atoms with Crippen molar-refractivity contribution in [1.82, 2.24) is 24.6 Å². The van der Waals surface area contributed by atoms with Crippen molar-refractivity contribution in [3.63, 3.8) is 0 Å². The third-order valence-electron chi connectivity index (χ3n) is 4.85. The maximum Gasteiger partial charge on any atom is 0.421 e. The number of anilines is 3. The van der Waals surface area contributed by atoms with Crippen molar-refractivity contribution in [2.24, 2.45) is 13.0 Å². The molecule has 12 heteroatoms. The van der Waals surface area contributed by atoms with Gasteiger partial charge in [-0.25, -0.2) is 9.78 Å². The Kier molecular flexibility index (Phi) is 7.24. The molecule has 2 heterocycles. The molecule has 2 aromatic heterocycles. The molecule has 0 radical (unpaired) electrons. The fourth-order valence-corrected chi connectivity index (χ4v) is 3.32. The highest BCUT2D eigenvalue weighted by Gasteiger charge is 2.35. The quantitative estimate of drug-likeness (QED) is 0.398. The number of carbonyl (C=O) groups is 1. The van der Waals surface area contributed by atoms with Crippen molar-refractivity contribution < 1.29 is 23.1 Å². The Morgan fingerprint density at radius 3 is 2.70 bits per heavy atom. The number of alkyl halides is 3. The van der Waals surface area contributed by atoms with Crippen LogP contribution in [-0.2, 0) is 13.2 Å². The van der Waals surface area contributed by atoms with Crippen LogP contribution in [0.5, 0.6) is 0 Å². The predicted molar refractivity (Wildman–Crippen MR) is 119 cm³/mol. The second-order valence-corrected chi connectivity index (χ2v) is 8.02. The van der Waals surface area contributed by atoms with E-state index < -0.39 is 17.8 Å². The van der Waals surface area contributed by atoms with Gasteiger partial charge in [-0.3, -0.25) is 4.68 Å². The molecule has 0 fully saturated rings. The summed E-state index contributed by atoms with van der Waals surface area (Å²) in [4.78, 5) is 20.4. The van der Waals surface area contributed by atoms with E-state index in [0.29, 0.717) is 18.7 Å². The highest BCUT2D eigenvalue weighted by molar-refractivity contribution is 5.83. The molecule has 0 aliphatic carbocycles. The Labute approximate surface area is 188 Å². The Morgan fingerprint density at radius 2 is 2.03 bits per heavy atom. The molecule has 0 spiro atoms. The number of rotatable bonds is 9. The van der Waals surface area contributed by atoms with E-state index in [1.54, 1.807) is 30.1 Å². The summed E-state index contributed by atoms with van der Waals surface area (Å²) in [5.74, 6) is -0.224. The van der Waals surface area contributed by atoms with Gasteiger partial charge in [-0.15, -0.1) is 0 Å². The van der Waals surface area contributed by atoms with Gasteiger partial charge in [0.25, 0.3) is 0 Å². The molecule has 0 saturated carbocycles.